The van der Waals surface area contributed by atoms with Gasteiger partial charge < -0.3 is 5.32 Å². The van der Waals surface area contributed by atoms with E-state index in [0.717, 1.165) is 10.3 Å². The van der Waals surface area contributed by atoms with Gasteiger partial charge in [0.05, 0.1) is 11.7 Å². The number of thiophene rings is 1. The number of aromatic nitrogens is 3. The Balaban J connectivity index is 2.44. The second-order valence-corrected chi connectivity index (χ2v) is 4.70. The van der Waals surface area contributed by atoms with Crippen LogP contribution in [0, 0.1) is 0 Å². The molecule has 2 aromatic rings. The normalized spacial score (nSPS) is 13.0. The maximum Gasteiger partial charge on any atom is 0.153 e. The number of hydrogen-bond donors (Lipinski definition) is 1. The highest BCUT2D eigenvalue weighted by Crippen LogP contribution is 2.27. The monoisotopic (exact) mass is 286 g/mol. The summed E-state index contributed by atoms with van der Waals surface area (Å²) in [6.07, 6.45) is 0. The van der Waals surface area contributed by atoms with Crippen molar-refractivity contribution < 1.29 is 0 Å². The predicted molar refractivity (Wildman–Crippen MR) is 63.9 cm³/mol. The van der Waals surface area contributed by atoms with E-state index in [0.29, 0.717) is 0 Å². The molecule has 0 fully saturated rings. The highest BCUT2D eigenvalue weighted by atomic mass is 79.9. The van der Waals surface area contributed by atoms with E-state index in [9.17, 15) is 0 Å². The summed E-state index contributed by atoms with van der Waals surface area (Å²) < 4.78 is 2.57. The first-order valence-electron chi connectivity index (χ1n) is 4.48. The largest absolute Gasteiger partial charge is 0.308 e. The van der Waals surface area contributed by atoms with Crippen LogP contribution in [0.15, 0.2) is 21.4 Å². The molecule has 80 valence electrons. The lowest BCUT2D eigenvalue weighted by Gasteiger charge is -2.14. The van der Waals surface area contributed by atoms with Crippen molar-refractivity contribution in [3.05, 3.63) is 32.7 Å². The minimum Gasteiger partial charge on any atom is -0.308 e. The van der Waals surface area contributed by atoms with E-state index in [4.69, 9.17) is 0 Å². The Morgan fingerprint density at radius 3 is 2.87 bits per heavy atom. The first kappa shape index (κ1) is 10.8. The molecule has 0 bridgehead atoms. The second-order valence-electron chi connectivity index (χ2n) is 3.17. The van der Waals surface area contributed by atoms with Gasteiger partial charge in [-0.25, -0.2) is 4.68 Å². The van der Waals surface area contributed by atoms with Gasteiger partial charge >= 0.3 is 0 Å². The van der Waals surface area contributed by atoms with Gasteiger partial charge in [0, 0.05) is 7.05 Å². The maximum absolute atomic E-state index is 3.99. The van der Waals surface area contributed by atoms with Gasteiger partial charge in [0.15, 0.2) is 4.60 Å². The molecular weight excluding hydrogens is 276 g/mol. The number of aryl methyl sites for hydroxylation is 1. The van der Waals surface area contributed by atoms with Crippen LogP contribution in [0.5, 0.6) is 0 Å². The lowest BCUT2D eigenvalue weighted by molar-refractivity contribution is 0.598. The first-order chi connectivity index (χ1) is 7.24. The van der Waals surface area contributed by atoms with Crippen molar-refractivity contribution >= 4 is 27.3 Å². The van der Waals surface area contributed by atoms with E-state index >= 15 is 0 Å². The minimum absolute atomic E-state index is 0.130. The number of nitrogens with zero attached hydrogens (tertiary/aromatic N) is 3. The lowest BCUT2D eigenvalue weighted by atomic mass is 10.1. The van der Waals surface area contributed by atoms with E-state index in [1.165, 1.54) is 5.56 Å². The molecular formula is C9H11BrN4S. The molecule has 0 saturated carbocycles. The number of nitrogens with one attached hydrogen (secondary N) is 1. The molecule has 1 atom stereocenters. The van der Waals surface area contributed by atoms with Crippen LogP contribution in [0.3, 0.4) is 0 Å². The molecule has 0 aliphatic carbocycles. The number of rotatable bonds is 3. The van der Waals surface area contributed by atoms with E-state index < -0.39 is 0 Å². The predicted octanol–water partition coefficient (Wildman–Crippen LogP) is 1.95. The van der Waals surface area contributed by atoms with Crippen molar-refractivity contribution in [2.45, 2.75) is 6.04 Å². The summed E-state index contributed by atoms with van der Waals surface area (Å²) >= 11 is 5.10. The highest BCUT2D eigenvalue weighted by molar-refractivity contribution is 9.10. The standard InChI is InChI=1S/C9H11BrN4S/c1-11-7(6-3-4-15-5-6)8-9(10)12-13-14(8)2/h3-5,7,11H,1-2H3. The zero-order chi connectivity index (χ0) is 10.8. The van der Waals surface area contributed by atoms with E-state index in [1.807, 2.05) is 14.1 Å². The van der Waals surface area contributed by atoms with Crippen LogP contribution >= 0.6 is 27.3 Å². The molecule has 1 unspecified atom stereocenters. The van der Waals surface area contributed by atoms with E-state index in [2.05, 4.69) is 48.4 Å². The Labute approximate surface area is 100 Å². The summed E-state index contributed by atoms with van der Waals surface area (Å²) in [5, 5.41) is 15.4. The molecule has 15 heavy (non-hydrogen) atoms. The molecule has 0 aromatic carbocycles. The quantitative estimate of drug-likeness (QED) is 0.938. The first-order valence-corrected chi connectivity index (χ1v) is 6.22. The summed E-state index contributed by atoms with van der Waals surface area (Å²) in [5.41, 5.74) is 2.27. The van der Waals surface area contributed by atoms with Gasteiger partial charge in [-0.15, -0.1) is 5.10 Å². The molecule has 1 N–H and O–H groups in total. The lowest BCUT2D eigenvalue weighted by Crippen LogP contribution is -2.20. The van der Waals surface area contributed by atoms with Gasteiger partial charge in [-0.3, -0.25) is 0 Å². The van der Waals surface area contributed by atoms with Crippen LogP contribution in [-0.4, -0.2) is 22.0 Å². The zero-order valence-corrected chi connectivity index (χ0v) is 10.8. The molecule has 0 radical (unpaired) electrons. The fourth-order valence-corrected chi connectivity index (χ4v) is 2.79. The summed E-state index contributed by atoms with van der Waals surface area (Å²) in [5.74, 6) is 0. The van der Waals surface area contributed by atoms with Gasteiger partial charge in [0.1, 0.15) is 0 Å². The molecule has 0 aliphatic heterocycles. The summed E-state index contributed by atoms with van der Waals surface area (Å²) in [6.45, 7) is 0. The molecule has 2 aromatic heterocycles. The molecule has 6 heteroatoms. The van der Waals surface area contributed by atoms with Crippen LogP contribution < -0.4 is 5.32 Å². The third-order valence-corrected chi connectivity index (χ3v) is 3.53. The summed E-state index contributed by atoms with van der Waals surface area (Å²) in [6, 6.07) is 2.23. The Kier molecular flexibility index (Phi) is 3.18. The van der Waals surface area contributed by atoms with Gasteiger partial charge in [0.25, 0.3) is 0 Å². The van der Waals surface area contributed by atoms with E-state index in [-0.39, 0.29) is 6.04 Å². The Bertz CT molecular complexity index is 417. The fourth-order valence-electron chi connectivity index (χ4n) is 1.55. The molecule has 2 heterocycles. The number of hydrogen-bond acceptors (Lipinski definition) is 4. The van der Waals surface area contributed by atoms with Crippen LogP contribution in [-0.2, 0) is 7.05 Å². The Morgan fingerprint density at radius 2 is 2.40 bits per heavy atom. The Hall–Kier alpha value is -0.720. The van der Waals surface area contributed by atoms with Crippen LogP contribution in [0.4, 0.5) is 0 Å². The van der Waals surface area contributed by atoms with Crippen molar-refractivity contribution in [1.29, 1.82) is 0 Å². The fraction of sp³-hybridized carbons (Fsp3) is 0.333. The molecule has 0 saturated heterocycles. The van der Waals surface area contributed by atoms with Gasteiger partial charge in [-0.1, -0.05) is 5.21 Å². The number of halogens is 1. The molecule has 2 rings (SSSR count). The molecule has 0 spiro atoms. The SMILES string of the molecule is CNC(c1ccsc1)c1c(Br)nnn1C. The minimum atomic E-state index is 0.130. The second kappa shape index (κ2) is 4.42. The van der Waals surface area contributed by atoms with E-state index in [1.54, 1.807) is 16.0 Å². The van der Waals surface area contributed by atoms with Crippen molar-refractivity contribution in [2.24, 2.45) is 7.05 Å². The smallest absolute Gasteiger partial charge is 0.153 e. The van der Waals surface area contributed by atoms with Crippen molar-refractivity contribution in [3.8, 4) is 0 Å². The third kappa shape index (κ3) is 1.97. The van der Waals surface area contributed by atoms with Crippen LogP contribution in [0.2, 0.25) is 0 Å². The van der Waals surface area contributed by atoms with Gasteiger partial charge in [0.2, 0.25) is 0 Å². The molecule has 4 nitrogen and oxygen atoms in total. The van der Waals surface area contributed by atoms with Crippen molar-refractivity contribution in [1.82, 2.24) is 20.3 Å². The average Bonchev–Trinajstić information content (AvgIpc) is 2.83. The van der Waals surface area contributed by atoms with Crippen molar-refractivity contribution in [3.63, 3.8) is 0 Å². The van der Waals surface area contributed by atoms with Gasteiger partial charge in [-0.2, -0.15) is 11.3 Å². The maximum atomic E-state index is 3.99. The van der Waals surface area contributed by atoms with Gasteiger partial charge in [-0.05, 0) is 45.4 Å². The van der Waals surface area contributed by atoms with Crippen LogP contribution in [0.25, 0.3) is 0 Å². The van der Waals surface area contributed by atoms with Crippen LogP contribution in [0.1, 0.15) is 17.3 Å². The highest BCUT2D eigenvalue weighted by Gasteiger charge is 2.20. The third-order valence-electron chi connectivity index (χ3n) is 2.27. The average molecular weight is 287 g/mol. The topological polar surface area (TPSA) is 42.7 Å². The molecule has 0 aliphatic rings. The molecule has 0 amide bonds. The summed E-state index contributed by atoms with van der Waals surface area (Å²) in [4.78, 5) is 0. The van der Waals surface area contributed by atoms with Crippen molar-refractivity contribution in [2.75, 3.05) is 7.05 Å². The summed E-state index contributed by atoms with van der Waals surface area (Å²) in [7, 11) is 3.82. The Morgan fingerprint density at radius 1 is 1.60 bits per heavy atom. The zero-order valence-electron chi connectivity index (χ0n) is 8.44.